The summed E-state index contributed by atoms with van der Waals surface area (Å²) in [6, 6.07) is 0. The van der Waals surface area contributed by atoms with Crippen LogP contribution in [0, 0.1) is 0 Å². The van der Waals surface area contributed by atoms with E-state index in [4.69, 9.17) is 4.74 Å². The Morgan fingerprint density at radius 1 is 1.39 bits per heavy atom. The summed E-state index contributed by atoms with van der Waals surface area (Å²) >= 11 is 0. The van der Waals surface area contributed by atoms with E-state index in [1.165, 1.54) is 11.6 Å². The Bertz CT molecular complexity index is 832. The highest BCUT2D eigenvalue weighted by molar-refractivity contribution is 5.74. The molecular formula is C14H21N5O4. The molecule has 126 valence electrons. The standard InChI is InChI=1S/C14H21N5O4/c1-5-6-23-8-9(20)7-19-10-11(16-13(19)15-2)17(3)14(22)18(4)12(10)21/h5,9,20H,1,6-8H2,2-4H3,(H,15,16). The van der Waals surface area contributed by atoms with Gasteiger partial charge >= 0.3 is 5.69 Å². The molecule has 2 aromatic rings. The Hall–Kier alpha value is -2.39. The number of anilines is 1. The zero-order valence-corrected chi connectivity index (χ0v) is 13.4. The first-order chi connectivity index (χ1) is 10.9. The SMILES string of the molecule is C=CCOCC(O)Cn1c(NC)nc2c1c(=O)n(C)c(=O)n2C. The number of hydrogen-bond donors (Lipinski definition) is 2. The molecule has 23 heavy (non-hydrogen) atoms. The van der Waals surface area contributed by atoms with Crippen molar-refractivity contribution in [1.82, 2.24) is 18.7 Å². The second-order valence-electron chi connectivity index (χ2n) is 5.15. The Morgan fingerprint density at radius 3 is 2.70 bits per heavy atom. The zero-order chi connectivity index (χ0) is 17.1. The van der Waals surface area contributed by atoms with Crippen molar-refractivity contribution < 1.29 is 9.84 Å². The summed E-state index contributed by atoms with van der Waals surface area (Å²) in [5, 5.41) is 13.0. The third-order valence-electron chi connectivity index (χ3n) is 3.51. The molecule has 0 saturated heterocycles. The lowest BCUT2D eigenvalue weighted by atomic mass is 10.3. The molecule has 0 aliphatic heterocycles. The van der Waals surface area contributed by atoms with Gasteiger partial charge in [0.25, 0.3) is 5.56 Å². The fourth-order valence-corrected chi connectivity index (χ4v) is 2.37. The molecule has 0 bridgehead atoms. The van der Waals surface area contributed by atoms with Crippen molar-refractivity contribution in [2.45, 2.75) is 12.6 Å². The van der Waals surface area contributed by atoms with Crippen molar-refractivity contribution >= 4 is 17.1 Å². The quantitative estimate of drug-likeness (QED) is 0.502. The molecule has 0 aromatic carbocycles. The van der Waals surface area contributed by atoms with Gasteiger partial charge < -0.3 is 19.7 Å². The summed E-state index contributed by atoms with van der Waals surface area (Å²) in [6.07, 6.45) is 0.755. The molecule has 0 aliphatic rings. The molecule has 9 nitrogen and oxygen atoms in total. The van der Waals surface area contributed by atoms with Crippen molar-refractivity contribution in [1.29, 1.82) is 0 Å². The average Bonchev–Trinajstić information content (AvgIpc) is 2.89. The number of rotatable bonds is 7. The Morgan fingerprint density at radius 2 is 2.09 bits per heavy atom. The van der Waals surface area contributed by atoms with Gasteiger partial charge in [-0.15, -0.1) is 6.58 Å². The van der Waals surface area contributed by atoms with Crippen LogP contribution in [0.15, 0.2) is 22.2 Å². The minimum atomic E-state index is -0.832. The van der Waals surface area contributed by atoms with Crippen LogP contribution < -0.4 is 16.6 Å². The highest BCUT2D eigenvalue weighted by Crippen LogP contribution is 2.15. The first-order valence-corrected chi connectivity index (χ1v) is 7.13. The monoisotopic (exact) mass is 323 g/mol. The number of ether oxygens (including phenoxy) is 1. The zero-order valence-electron chi connectivity index (χ0n) is 13.4. The van der Waals surface area contributed by atoms with Crippen molar-refractivity contribution in [3.63, 3.8) is 0 Å². The van der Waals surface area contributed by atoms with E-state index < -0.39 is 17.4 Å². The van der Waals surface area contributed by atoms with Crippen LogP contribution in [0.4, 0.5) is 5.95 Å². The van der Waals surface area contributed by atoms with Crippen LogP contribution in [0.2, 0.25) is 0 Å². The van der Waals surface area contributed by atoms with Crippen LogP contribution in [-0.2, 0) is 25.4 Å². The highest BCUT2D eigenvalue weighted by atomic mass is 16.5. The third-order valence-corrected chi connectivity index (χ3v) is 3.51. The normalized spacial score (nSPS) is 12.5. The highest BCUT2D eigenvalue weighted by Gasteiger charge is 2.20. The van der Waals surface area contributed by atoms with E-state index in [-0.39, 0.29) is 24.3 Å². The first-order valence-electron chi connectivity index (χ1n) is 7.13. The summed E-state index contributed by atoms with van der Waals surface area (Å²) in [4.78, 5) is 28.7. The van der Waals surface area contributed by atoms with E-state index in [1.54, 1.807) is 24.7 Å². The third kappa shape index (κ3) is 3.06. The number of aromatic nitrogens is 4. The lowest BCUT2D eigenvalue weighted by Gasteiger charge is -2.14. The summed E-state index contributed by atoms with van der Waals surface area (Å²) in [5.41, 5.74) is -0.399. The van der Waals surface area contributed by atoms with Gasteiger partial charge in [-0.2, -0.15) is 4.98 Å². The summed E-state index contributed by atoms with van der Waals surface area (Å²) in [5.74, 6) is 0.390. The number of nitrogens with zero attached hydrogens (tertiary/aromatic N) is 4. The van der Waals surface area contributed by atoms with Gasteiger partial charge in [0.15, 0.2) is 11.2 Å². The Labute approximate surface area is 132 Å². The molecule has 0 amide bonds. The largest absolute Gasteiger partial charge is 0.389 e. The van der Waals surface area contributed by atoms with Crippen LogP contribution in [0.3, 0.4) is 0 Å². The predicted octanol–water partition coefficient (Wildman–Crippen LogP) is -0.961. The first kappa shape index (κ1) is 17.0. The topological polar surface area (TPSA) is 103 Å². The van der Waals surface area contributed by atoms with Crippen molar-refractivity contribution in [2.24, 2.45) is 14.1 Å². The maximum atomic E-state index is 12.4. The van der Waals surface area contributed by atoms with Gasteiger partial charge in [-0.3, -0.25) is 13.9 Å². The van der Waals surface area contributed by atoms with Crippen molar-refractivity contribution in [2.75, 3.05) is 25.6 Å². The second-order valence-corrected chi connectivity index (χ2v) is 5.15. The number of imidazole rings is 1. The maximum Gasteiger partial charge on any atom is 0.332 e. The van der Waals surface area contributed by atoms with E-state index in [2.05, 4.69) is 16.9 Å². The van der Waals surface area contributed by atoms with Crippen LogP contribution in [0.1, 0.15) is 0 Å². The fourth-order valence-electron chi connectivity index (χ4n) is 2.37. The van der Waals surface area contributed by atoms with E-state index in [1.807, 2.05) is 0 Å². The summed E-state index contributed by atoms with van der Waals surface area (Å²) in [6.45, 7) is 4.07. The fraction of sp³-hybridized carbons (Fsp3) is 0.500. The smallest absolute Gasteiger partial charge is 0.332 e. The van der Waals surface area contributed by atoms with Gasteiger partial charge in [0.05, 0.1) is 25.9 Å². The molecule has 0 saturated carbocycles. The predicted molar refractivity (Wildman–Crippen MR) is 86.8 cm³/mol. The van der Waals surface area contributed by atoms with Gasteiger partial charge in [-0.05, 0) is 0 Å². The van der Waals surface area contributed by atoms with E-state index >= 15 is 0 Å². The number of fused-ring (bicyclic) bond motifs is 1. The molecule has 2 N–H and O–H groups in total. The number of nitrogens with one attached hydrogen (secondary N) is 1. The van der Waals surface area contributed by atoms with E-state index in [0.717, 1.165) is 4.57 Å². The summed E-state index contributed by atoms with van der Waals surface area (Å²) in [7, 11) is 4.61. The second kappa shape index (κ2) is 6.80. The molecule has 2 heterocycles. The van der Waals surface area contributed by atoms with Gasteiger partial charge in [0.1, 0.15) is 0 Å². The lowest BCUT2D eigenvalue weighted by molar-refractivity contribution is 0.0405. The molecule has 0 spiro atoms. The number of aliphatic hydroxyl groups is 1. The van der Waals surface area contributed by atoms with Crippen LogP contribution >= 0.6 is 0 Å². The molecule has 0 aliphatic carbocycles. The molecule has 1 atom stereocenters. The number of hydrogen-bond acceptors (Lipinski definition) is 6. The summed E-state index contributed by atoms with van der Waals surface area (Å²) < 4.78 is 9.08. The van der Waals surface area contributed by atoms with Gasteiger partial charge in [-0.25, -0.2) is 4.79 Å². The number of aliphatic hydroxyl groups excluding tert-OH is 1. The van der Waals surface area contributed by atoms with E-state index in [0.29, 0.717) is 12.6 Å². The Kier molecular flexibility index (Phi) is 5.02. The Balaban J connectivity index is 2.52. The molecule has 9 heteroatoms. The van der Waals surface area contributed by atoms with Gasteiger partial charge in [0, 0.05) is 21.1 Å². The molecule has 0 fully saturated rings. The molecule has 2 rings (SSSR count). The lowest BCUT2D eigenvalue weighted by Crippen LogP contribution is -2.38. The number of aryl methyl sites for hydroxylation is 1. The van der Waals surface area contributed by atoms with E-state index in [9.17, 15) is 14.7 Å². The van der Waals surface area contributed by atoms with Crippen molar-refractivity contribution in [3.8, 4) is 0 Å². The maximum absolute atomic E-state index is 12.4. The molecule has 2 aromatic heterocycles. The van der Waals surface area contributed by atoms with Gasteiger partial charge in [0.2, 0.25) is 5.95 Å². The van der Waals surface area contributed by atoms with Crippen molar-refractivity contribution in [3.05, 3.63) is 33.5 Å². The minimum Gasteiger partial charge on any atom is -0.389 e. The average molecular weight is 323 g/mol. The van der Waals surface area contributed by atoms with Crippen LogP contribution in [0.25, 0.3) is 11.2 Å². The van der Waals surface area contributed by atoms with Crippen LogP contribution in [-0.4, -0.2) is 50.2 Å². The van der Waals surface area contributed by atoms with Crippen LogP contribution in [0.5, 0.6) is 0 Å². The van der Waals surface area contributed by atoms with Gasteiger partial charge in [-0.1, -0.05) is 6.08 Å². The molecule has 0 radical (unpaired) electrons. The molecule has 1 unspecified atom stereocenters. The molecular weight excluding hydrogens is 302 g/mol. The minimum absolute atomic E-state index is 0.0981.